The van der Waals surface area contributed by atoms with Crippen LogP contribution in [0.1, 0.15) is 25.7 Å². The molecule has 0 aromatic rings. The van der Waals surface area contributed by atoms with Gasteiger partial charge in [-0.3, -0.25) is 0 Å². The van der Waals surface area contributed by atoms with Gasteiger partial charge in [0.15, 0.2) is 0 Å². The first-order valence-electron chi connectivity index (χ1n) is 4.23. The second kappa shape index (κ2) is 6.01. The van der Waals surface area contributed by atoms with Gasteiger partial charge in [0.1, 0.15) is 0 Å². The number of hydrogen-bond donors (Lipinski definition) is 2. The van der Waals surface area contributed by atoms with E-state index in [1.54, 1.807) is 0 Å². The molecule has 1 rings (SSSR count). The van der Waals surface area contributed by atoms with Crippen LogP contribution >= 0.6 is 0 Å². The minimum atomic E-state index is 0. The number of rotatable bonds is 2. The van der Waals surface area contributed by atoms with Gasteiger partial charge in [-0.2, -0.15) is 0 Å². The topological polar surface area (TPSA) is 24.1 Å². The summed E-state index contributed by atoms with van der Waals surface area (Å²) in [5.41, 5.74) is 0. The van der Waals surface area contributed by atoms with Crippen molar-refractivity contribution >= 4 is 0 Å². The molecule has 0 amide bonds. The van der Waals surface area contributed by atoms with Crippen LogP contribution in [0.25, 0.3) is 0 Å². The van der Waals surface area contributed by atoms with Gasteiger partial charge in [0, 0.05) is 29.2 Å². The van der Waals surface area contributed by atoms with E-state index in [2.05, 4.69) is 24.7 Å². The summed E-state index contributed by atoms with van der Waals surface area (Å²) in [5, 5.41) is 6.68. The second-order valence-electron chi connectivity index (χ2n) is 3.07. The van der Waals surface area contributed by atoms with Crippen molar-refractivity contribution in [2.24, 2.45) is 0 Å². The summed E-state index contributed by atoms with van der Waals surface area (Å²) >= 11 is 0. The molecule has 1 aliphatic carbocycles. The van der Waals surface area contributed by atoms with E-state index in [1.807, 2.05) is 0 Å². The summed E-state index contributed by atoms with van der Waals surface area (Å²) < 4.78 is 0. The molecular formula is C8H18FeN2. The summed E-state index contributed by atoms with van der Waals surface area (Å²) in [6.45, 7) is 0. The molecule has 0 aromatic heterocycles. The van der Waals surface area contributed by atoms with Crippen molar-refractivity contribution in [1.29, 1.82) is 0 Å². The van der Waals surface area contributed by atoms with E-state index in [0.717, 1.165) is 0 Å². The number of likely N-dealkylation sites (N-methyl/N-ethyl adjacent to an activating group) is 2. The van der Waals surface area contributed by atoms with Crippen LogP contribution in [0.4, 0.5) is 0 Å². The first-order valence-corrected chi connectivity index (χ1v) is 4.23. The molecular weight excluding hydrogens is 180 g/mol. The molecule has 0 bridgehead atoms. The molecule has 68 valence electrons. The van der Waals surface area contributed by atoms with Crippen molar-refractivity contribution in [3.63, 3.8) is 0 Å². The van der Waals surface area contributed by atoms with Gasteiger partial charge >= 0.3 is 0 Å². The van der Waals surface area contributed by atoms with Crippen LogP contribution < -0.4 is 10.6 Å². The molecule has 0 aliphatic heterocycles. The fourth-order valence-electron chi connectivity index (χ4n) is 1.82. The van der Waals surface area contributed by atoms with E-state index in [9.17, 15) is 0 Å². The molecule has 1 fully saturated rings. The molecule has 0 aromatic carbocycles. The average Bonchev–Trinajstić information content (AvgIpc) is 2.04. The summed E-state index contributed by atoms with van der Waals surface area (Å²) in [4.78, 5) is 0. The van der Waals surface area contributed by atoms with Crippen molar-refractivity contribution in [3.05, 3.63) is 0 Å². The normalized spacial score (nSPS) is 31.1. The van der Waals surface area contributed by atoms with E-state index in [0.29, 0.717) is 12.1 Å². The molecule has 0 spiro atoms. The van der Waals surface area contributed by atoms with Crippen LogP contribution in [-0.2, 0) is 17.1 Å². The van der Waals surface area contributed by atoms with Gasteiger partial charge in [-0.25, -0.2) is 0 Å². The quantitative estimate of drug-likeness (QED) is 0.639. The van der Waals surface area contributed by atoms with E-state index in [4.69, 9.17) is 0 Å². The van der Waals surface area contributed by atoms with Crippen molar-refractivity contribution in [2.45, 2.75) is 37.8 Å². The molecule has 1 saturated carbocycles. The standard InChI is InChI=1S/C8H18N2.Fe/c1-9-7-5-3-4-6-8(7)10-2;/h7-10H,3-6H2,1-2H3;. The monoisotopic (exact) mass is 198 g/mol. The van der Waals surface area contributed by atoms with Gasteiger partial charge in [-0.1, -0.05) is 12.8 Å². The van der Waals surface area contributed by atoms with Gasteiger partial charge in [0.25, 0.3) is 0 Å². The van der Waals surface area contributed by atoms with E-state index in [-0.39, 0.29) is 17.1 Å². The molecule has 2 atom stereocenters. The van der Waals surface area contributed by atoms with Gasteiger partial charge in [-0.05, 0) is 26.9 Å². The molecule has 0 radical (unpaired) electrons. The maximum atomic E-state index is 3.34. The average molecular weight is 198 g/mol. The Morgan fingerprint density at radius 2 is 1.27 bits per heavy atom. The Morgan fingerprint density at radius 1 is 0.909 bits per heavy atom. The molecule has 2 nitrogen and oxygen atoms in total. The minimum Gasteiger partial charge on any atom is -0.315 e. The van der Waals surface area contributed by atoms with Gasteiger partial charge in [0.2, 0.25) is 0 Å². The Balaban J connectivity index is 0.000001000. The third-order valence-electron chi connectivity index (χ3n) is 2.51. The van der Waals surface area contributed by atoms with Crippen molar-refractivity contribution < 1.29 is 17.1 Å². The van der Waals surface area contributed by atoms with Crippen LogP contribution in [0.2, 0.25) is 0 Å². The molecule has 2 unspecified atom stereocenters. The molecule has 1 aliphatic rings. The largest absolute Gasteiger partial charge is 0.315 e. The van der Waals surface area contributed by atoms with E-state index >= 15 is 0 Å². The summed E-state index contributed by atoms with van der Waals surface area (Å²) in [5.74, 6) is 0. The molecule has 3 heteroatoms. The summed E-state index contributed by atoms with van der Waals surface area (Å²) in [6, 6.07) is 1.41. The van der Waals surface area contributed by atoms with Crippen LogP contribution in [0.5, 0.6) is 0 Å². The SMILES string of the molecule is CNC1CCCCC1NC.[Fe]. The first-order chi connectivity index (χ1) is 4.88. The predicted molar refractivity (Wildman–Crippen MR) is 44.2 cm³/mol. The van der Waals surface area contributed by atoms with E-state index < -0.39 is 0 Å². The zero-order valence-electron chi connectivity index (χ0n) is 7.34. The van der Waals surface area contributed by atoms with Crippen molar-refractivity contribution in [2.75, 3.05) is 14.1 Å². The first kappa shape index (κ1) is 11.4. The molecule has 0 saturated heterocycles. The molecule has 0 heterocycles. The number of hydrogen-bond acceptors (Lipinski definition) is 2. The predicted octanol–water partition coefficient (Wildman–Crippen LogP) is 0.734. The third kappa shape index (κ3) is 3.12. The number of nitrogens with one attached hydrogen (secondary N) is 2. The summed E-state index contributed by atoms with van der Waals surface area (Å²) in [7, 11) is 4.11. The Bertz CT molecular complexity index is 86.1. The fraction of sp³-hybridized carbons (Fsp3) is 1.00. The van der Waals surface area contributed by atoms with E-state index in [1.165, 1.54) is 25.7 Å². The second-order valence-corrected chi connectivity index (χ2v) is 3.07. The van der Waals surface area contributed by atoms with Crippen LogP contribution in [0.15, 0.2) is 0 Å². The minimum absolute atomic E-state index is 0. The Kier molecular flexibility index (Phi) is 6.25. The Hall–Kier alpha value is 0.439. The zero-order valence-corrected chi connectivity index (χ0v) is 8.44. The summed E-state index contributed by atoms with van der Waals surface area (Å²) in [6.07, 6.45) is 5.46. The van der Waals surface area contributed by atoms with Gasteiger partial charge in [0.05, 0.1) is 0 Å². The van der Waals surface area contributed by atoms with Crippen LogP contribution in [0, 0.1) is 0 Å². The van der Waals surface area contributed by atoms with Gasteiger partial charge < -0.3 is 10.6 Å². The molecule has 11 heavy (non-hydrogen) atoms. The van der Waals surface area contributed by atoms with Gasteiger partial charge in [-0.15, -0.1) is 0 Å². The third-order valence-corrected chi connectivity index (χ3v) is 2.51. The fourth-order valence-corrected chi connectivity index (χ4v) is 1.82. The van der Waals surface area contributed by atoms with Crippen LogP contribution in [0.3, 0.4) is 0 Å². The zero-order chi connectivity index (χ0) is 7.40. The smallest absolute Gasteiger partial charge is 0.0218 e. The maximum Gasteiger partial charge on any atom is 0.0218 e. The van der Waals surface area contributed by atoms with Crippen molar-refractivity contribution in [1.82, 2.24) is 10.6 Å². The van der Waals surface area contributed by atoms with Crippen molar-refractivity contribution in [3.8, 4) is 0 Å². The van der Waals surface area contributed by atoms with Crippen LogP contribution in [-0.4, -0.2) is 26.2 Å². The maximum absolute atomic E-state index is 3.34. The molecule has 2 N–H and O–H groups in total. The Labute approximate surface area is 80.0 Å². The Morgan fingerprint density at radius 3 is 1.55 bits per heavy atom.